The van der Waals surface area contributed by atoms with Crippen LogP contribution in [0.2, 0.25) is 0 Å². The maximum absolute atomic E-state index is 12.7. The summed E-state index contributed by atoms with van der Waals surface area (Å²) < 4.78 is 0. The molecule has 1 amide bonds. The Bertz CT molecular complexity index is 1000. The third kappa shape index (κ3) is 5.80. The Balaban J connectivity index is 1.97. The van der Waals surface area contributed by atoms with Crippen molar-refractivity contribution in [3.63, 3.8) is 0 Å². The Morgan fingerprint density at radius 1 is 1.17 bits per heavy atom. The van der Waals surface area contributed by atoms with Gasteiger partial charge in [0.25, 0.3) is 5.91 Å². The lowest BCUT2D eigenvalue weighted by molar-refractivity contribution is -0.117. The van der Waals surface area contributed by atoms with Crippen LogP contribution < -0.4 is 5.32 Å². The molecule has 1 aromatic carbocycles. The maximum Gasteiger partial charge on any atom is 0.251 e. The molecular formula is C25H27N3OS. The molecule has 0 fully saturated rings. The number of thioether (sulfide) groups is 1. The number of aromatic nitrogens is 1. The quantitative estimate of drug-likeness (QED) is 0.476. The number of carbonyl (C=O) groups is 1. The molecule has 0 aliphatic carbocycles. The molecule has 0 radical (unpaired) electrons. The van der Waals surface area contributed by atoms with Crippen LogP contribution in [0.5, 0.6) is 0 Å². The van der Waals surface area contributed by atoms with Crippen molar-refractivity contribution in [2.75, 3.05) is 6.54 Å². The summed E-state index contributed by atoms with van der Waals surface area (Å²) >= 11 is 1.60. The van der Waals surface area contributed by atoms with Gasteiger partial charge in [-0.25, -0.2) is 4.99 Å². The number of hydrogen-bond donors (Lipinski definition) is 1. The summed E-state index contributed by atoms with van der Waals surface area (Å²) in [5, 5.41) is 5.00. The average molecular weight is 418 g/mol. The van der Waals surface area contributed by atoms with E-state index < -0.39 is 0 Å². The van der Waals surface area contributed by atoms with Crippen LogP contribution in [0.1, 0.15) is 38.4 Å². The highest BCUT2D eigenvalue weighted by Crippen LogP contribution is 2.31. The molecule has 154 valence electrons. The number of rotatable bonds is 7. The zero-order valence-corrected chi connectivity index (χ0v) is 18.4. The fraction of sp³-hybridized carbons (Fsp3) is 0.240. The molecule has 1 aliphatic rings. The van der Waals surface area contributed by atoms with E-state index in [1.54, 1.807) is 18.0 Å². The Morgan fingerprint density at radius 3 is 2.70 bits per heavy atom. The van der Waals surface area contributed by atoms with Crippen molar-refractivity contribution in [1.82, 2.24) is 10.3 Å². The highest BCUT2D eigenvalue weighted by molar-refractivity contribution is 8.02. The molecule has 0 unspecified atom stereocenters. The van der Waals surface area contributed by atoms with Gasteiger partial charge in [0, 0.05) is 34.2 Å². The van der Waals surface area contributed by atoms with E-state index >= 15 is 0 Å². The molecule has 0 spiro atoms. The van der Waals surface area contributed by atoms with Gasteiger partial charge >= 0.3 is 0 Å². The predicted molar refractivity (Wildman–Crippen MR) is 126 cm³/mol. The van der Waals surface area contributed by atoms with Gasteiger partial charge in [0.15, 0.2) is 0 Å². The highest BCUT2D eigenvalue weighted by atomic mass is 32.2. The fourth-order valence-electron chi connectivity index (χ4n) is 2.97. The second-order valence-electron chi connectivity index (χ2n) is 7.37. The minimum Gasteiger partial charge on any atom is -0.352 e. The lowest BCUT2D eigenvalue weighted by atomic mass is 10.1. The number of aliphatic imine (C=N–C) groups is 1. The molecule has 2 aromatic rings. The minimum absolute atomic E-state index is 0.0870. The van der Waals surface area contributed by atoms with Gasteiger partial charge in [-0.05, 0) is 43.5 Å². The summed E-state index contributed by atoms with van der Waals surface area (Å²) in [4.78, 5) is 23.2. The number of carbonyl (C=O) groups excluding carboxylic acids is 1. The van der Waals surface area contributed by atoms with Crippen LogP contribution in [0.4, 0.5) is 0 Å². The number of hydrogen-bond acceptors (Lipinski definition) is 4. The van der Waals surface area contributed by atoms with Gasteiger partial charge in [-0.15, -0.1) is 0 Å². The van der Waals surface area contributed by atoms with Crippen LogP contribution in [0.3, 0.4) is 0 Å². The first kappa shape index (κ1) is 21.8. The SMILES string of the molecule is C/C=C\C(=C/C1=CSc2ccccc2C(c2ccccn2)=N1)C(=O)NCCC(C)C. The number of nitrogens with one attached hydrogen (secondary N) is 1. The Kier molecular flexibility index (Phi) is 7.80. The van der Waals surface area contributed by atoms with Gasteiger partial charge in [-0.3, -0.25) is 9.78 Å². The van der Waals surface area contributed by atoms with Crippen LogP contribution in [-0.2, 0) is 4.79 Å². The van der Waals surface area contributed by atoms with Gasteiger partial charge in [-0.2, -0.15) is 0 Å². The van der Waals surface area contributed by atoms with E-state index in [0.717, 1.165) is 34.0 Å². The van der Waals surface area contributed by atoms with Crippen LogP contribution >= 0.6 is 11.8 Å². The average Bonchev–Trinajstić information content (AvgIpc) is 2.93. The molecule has 0 saturated heterocycles. The van der Waals surface area contributed by atoms with Crippen molar-refractivity contribution >= 4 is 23.4 Å². The van der Waals surface area contributed by atoms with Crippen molar-refractivity contribution in [3.05, 3.63) is 94.8 Å². The van der Waals surface area contributed by atoms with E-state index in [-0.39, 0.29) is 5.91 Å². The largest absolute Gasteiger partial charge is 0.352 e. The monoisotopic (exact) mass is 417 g/mol. The Hall–Kier alpha value is -2.92. The van der Waals surface area contributed by atoms with E-state index in [0.29, 0.717) is 18.0 Å². The second kappa shape index (κ2) is 10.7. The van der Waals surface area contributed by atoms with Crippen molar-refractivity contribution in [2.45, 2.75) is 32.1 Å². The Labute approximate surface area is 182 Å². The first-order valence-corrected chi connectivity index (χ1v) is 11.1. The number of fused-ring (bicyclic) bond motifs is 1. The zero-order chi connectivity index (χ0) is 21.3. The molecule has 0 atom stereocenters. The van der Waals surface area contributed by atoms with Crippen LogP contribution in [0.15, 0.2) is 93.5 Å². The summed E-state index contributed by atoms with van der Waals surface area (Å²) in [5.41, 5.74) is 3.96. The van der Waals surface area contributed by atoms with E-state index in [1.165, 1.54) is 0 Å². The standard InChI is InChI=1S/C25H27N3OS/c1-4-9-19(25(29)27-15-13-18(2)3)16-20-17-30-23-12-6-5-10-21(23)24(28-20)22-11-7-8-14-26-22/h4-12,14,16-18H,13,15H2,1-3H3,(H,27,29)/b9-4-,19-16+. The van der Waals surface area contributed by atoms with E-state index in [9.17, 15) is 4.79 Å². The summed E-state index contributed by atoms with van der Waals surface area (Å²) in [5.74, 6) is 0.459. The second-order valence-corrected chi connectivity index (χ2v) is 8.28. The topological polar surface area (TPSA) is 54.4 Å². The summed E-state index contributed by atoms with van der Waals surface area (Å²) in [6, 6.07) is 14.0. The van der Waals surface area contributed by atoms with Gasteiger partial charge in [0.2, 0.25) is 0 Å². The lowest BCUT2D eigenvalue weighted by Gasteiger charge is -2.09. The number of amides is 1. The lowest BCUT2D eigenvalue weighted by Crippen LogP contribution is -2.26. The van der Waals surface area contributed by atoms with E-state index in [4.69, 9.17) is 4.99 Å². The number of nitrogens with zero attached hydrogens (tertiary/aromatic N) is 2. The van der Waals surface area contributed by atoms with Crippen molar-refractivity contribution in [2.24, 2.45) is 10.9 Å². The normalized spacial score (nSPS) is 14.2. The minimum atomic E-state index is -0.0870. The van der Waals surface area contributed by atoms with Gasteiger partial charge in [0.1, 0.15) is 0 Å². The molecule has 0 saturated carbocycles. The van der Waals surface area contributed by atoms with Crippen molar-refractivity contribution < 1.29 is 4.79 Å². The molecular weight excluding hydrogens is 390 g/mol. The number of pyridine rings is 1. The third-order valence-electron chi connectivity index (χ3n) is 4.52. The third-order valence-corrected chi connectivity index (χ3v) is 5.49. The summed E-state index contributed by atoms with van der Waals surface area (Å²) in [7, 11) is 0. The maximum atomic E-state index is 12.7. The van der Waals surface area contributed by atoms with Crippen LogP contribution in [0, 0.1) is 5.92 Å². The van der Waals surface area contributed by atoms with Crippen molar-refractivity contribution in [3.8, 4) is 0 Å². The first-order valence-electron chi connectivity index (χ1n) is 10.2. The Morgan fingerprint density at radius 2 is 1.97 bits per heavy atom. The molecule has 3 rings (SSSR count). The van der Waals surface area contributed by atoms with Crippen LogP contribution in [-0.4, -0.2) is 23.1 Å². The molecule has 30 heavy (non-hydrogen) atoms. The van der Waals surface area contributed by atoms with E-state index in [1.807, 2.05) is 60.9 Å². The molecule has 4 nitrogen and oxygen atoms in total. The first-order chi connectivity index (χ1) is 14.6. The predicted octanol–water partition coefficient (Wildman–Crippen LogP) is 5.53. The number of allylic oxidation sites excluding steroid dienone is 2. The molecule has 1 aromatic heterocycles. The molecule has 0 bridgehead atoms. The molecule has 5 heteroatoms. The van der Waals surface area contributed by atoms with Crippen LogP contribution in [0.25, 0.3) is 0 Å². The summed E-state index contributed by atoms with van der Waals surface area (Å²) in [6.45, 7) is 6.86. The molecule has 1 N–H and O–H groups in total. The molecule has 2 heterocycles. The molecule has 1 aliphatic heterocycles. The highest BCUT2D eigenvalue weighted by Gasteiger charge is 2.17. The van der Waals surface area contributed by atoms with Gasteiger partial charge in [0.05, 0.1) is 17.1 Å². The fourth-order valence-corrected chi connectivity index (χ4v) is 3.79. The zero-order valence-electron chi connectivity index (χ0n) is 17.6. The van der Waals surface area contributed by atoms with Crippen molar-refractivity contribution in [1.29, 1.82) is 0 Å². The van der Waals surface area contributed by atoms with Gasteiger partial charge in [-0.1, -0.05) is 62.0 Å². The van der Waals surface area contributed by atoms with E-state index in [2.05, 4.69) is 36.3 Å². The van der Waals surface area contributed by atoms with Gasteiger partial charge < -0.3 is 5.32 Å². The summed E-state index contributed by atoms with van der Waals surface area (Å²) in [6.07, 6.45) is 8.25. The number of benzene rings is 1. The smallest absolute Gasteiger partial charge is 0.251 e.